The zero-order valence-corrected chi connectivity index (χ0v) is 11.9. The number of anilines is 3. The van der Waals surface area contributed by atoms with Crippen LogP contribution in [0.2, 0.25) is 0 Å². The molecule has 1 aliphatic rings. The third-order valence-electron chi connectivity index (χ3n) is 3.44. The van der Waals surface area contributed by atoms with E-state index in [4.69, 9.17) is 5.73 Å². The van der Waals surface area contributed by atoms with Crippen LogP contribution < -0.4 is 16.4 Å². The van der Waals surface area contributed by atoms with Crippen molar-refractivity contribution >= 4 is 34.3 Å². The monoisotopic (exact) mass is 287 g/mol. The highest BCUT2D eigenvalue weighted by molar-refractivity contribution is 7.09. The Morgan fingerprint density at radius 2 is 2.25 bits per heavy atom. The average molecular weight is 287 g/mol. The maximum atomic E-state index is 11.4. The Labute approximate surface area is 122 Å². The second-order valence-electron chi connectivity index (χ2n) is 4.90. The van der Waals surface area contributed by atoms with E-state index in [0.29, 0.717) is 6.42 Å². The SMILES string of the molecule is Nc1cc2c(cc1NCCc1cccs1)NC(=O)CC2. The number of fused-ring (bicyclic) bond motifs is 1. The summed E-state index contributed by atoms with van der Waals surface area (Å²) in [7, 11) is 0. The van der Waals surface area contributed by atoms with Gasteiger partial charge >= 0.3 is 0 Å². The van der Waals surface area contributed by atoms with Gasteiger partial charge in [-0.15, -0.1) is 11.3 Å². The van der Waals surface area contributed by atoms with Gasteiger partial charge < -0.3 is 16.4 Å². The largest absolute Gasteiger partial charge is 0.397 e. The molecule has 20 heavy (non-hydrogen) atoms. The van der Waals surface area contributed by atoms with E-state index in [1.807, 2.05) is 12.1 Å². The normalized spacial score (nSPS) is 13.7. The summed E-state index contributed by atoms with van der Waals surface area (Å²) in [6.07, 6.45) is 2.28. The molecule has 0 saturated heterocycles. The molecule has 5 heteroatoms. The van der Waals surface area contributed by atoms with Gasteiger partial charge in [-0.05, 0) is 42.0 Å². The number of nitrogen functional groups attached to an aromatic ring is 1. The maximum Gasteiger partial charge on any atom is 0.224 e. The molecule has 2 aromatic rings. The highest BCUT2D eigenvalue weighted by Gasteiger charge is 2.16. The molecule has 0 bridgehead atoms. The molecular formula is C15H17N3OS. The van der Waals surface area contributed by atoms with Gasteiger partial charge in [-0.25, -0.2) is 0 Å². The van der Waals surface area contributed by atoms with Crippen molar-refractivity contribution in [2.45, 2.75) is 19.3 Å². The lowest BCUT2D eigenvalue weighted by Crippen LogP contribution is -2.19. The van der Waals surface area contributed by atoms with Crippen molar-refractivity contribution < 1.29 is 4.79 Å². The first-order chi connectivity index (χ1) is 9.72. The van der Waals surface area contributed by atoms with Crippen LogP contribution >= 0.6 is 11.3 Å². The number of hydrogen-bond donors (Lipinski definition) is 3. The van der Waals surface area contributed by atoms with Gasteiger partial charge in [-0.1, -0.05) is 6.07 Å². The number of amides is 1. The third kappa shape index (κ3) is 2.77. The van der Waals surface area contributed by atoms with E-state index in [-0.39, 0.29) is 5.91 Å². The van der Waals surface area contributed by atoms with Gasteiger partial charge in [-0.2, -0.15) is 0 Å². The predicted molar refractivity (Wildman–Crippen MR) is 84.3 cm³/mol. The van der Waals surface area contributed by atoms with Crippen molar-refractivity contribution in [3.63, 3.8) is 0 Å². The summed E-state index contributed by atoms with van der Waals surface area (Å²) in [5.41, 5.74) is 9.70. The molecule has 1 aromatic heterocycles. The van der Waals surface area contributed by atoms with Gasteiger partial charge in [0.2, 0.25) is 5.91 Å². The molecule has 0 fully saturated rings. The Kier molecular flexibility index (Phi) is 3.60. The first kappa shape index (κ1) is 13.0. The second kappa shape index (κ2) is 5.54. The van der Waals surface area contributed by atoms with Gasteiger partial charge in [0, 0.05) is 23.5 Å². The van der Waals surface area contributed by atoms with E-state index in [2.05, 4.69) is 28.1 Å². The fraction of sp³-hybridized carbons (Fsp3) is 0.267. The number of hydrogen-bond acceptors (Lipinski definition) is 4. The average Bonchev–Trinajstić information content (AvgIpc) is 2.93. The van der Waals surface area contributed by atoms with E-state index >= 15 is 0 Å². The van der Waals surface area contributed by atoms with E-state index in [0.717, 1.165) is 42.0 Å². The molecule has 1 aliphatic heterocycles. The standard InChI is InChI=1S/C15H17N3OS/c16-12-8-10-3-4-15(19)18-13(10)9-14(12)17-6-5-11-2-1-7-20-11/h1-2,7-9,17H,3-6,16H2,(H,18,19). The highest BCUT2D eigenvalue weighted by Crippen LogP contribution is 2.31. The molecule has 1 amide bonds. The molecule has 0 atom stereocenters. The van der Waals surface area contributed by atoms with Crippen LogP contribution in [0.25, 0.3) is 0 Å². The van der Waals surface area contributed by atoms with Crippen molar-refractivity contribution in [1.82, 2.24) is 0 Å². The Morgan fingerprint density at radius 3 is 3.05 bits per heavy atom. The fourth-order valence-corrected chi connectivity index (χ4v) is 3.08. The van der Waals surface area contributed by atoms with E-state index < -0.39 is 0 Å². The van der Waals surface area contributed by atoms with E-state index in [1.54, 1.807) is 11.3 Å². The zero-order chi connectivity index (χ0) is 13.9. The molecule has 0 saturated carbocycles. The number of carbonyl (C=O) groups excluding carboxylic acids is 1. The minimum atomic E-state index is 0.0757. The number of carbonyl (C=O) groups is 1. The molecule has 104 valence electrons. The molecule has 0 spiro atoms. The van der Waals surface area contributed by atoms with Gasteiger partial charge in [0.05, 0.1) is 11.4 Å². The molecule has 4 N–H and O–H groups in total. The number of benzene rings is 1. The Balaban J connectivity index is 1.69. The minimum absolute atomic E-state index is 0.0757. The molecule has 2 heterocycles. The summed E-state index contributed by atoms with van der Waals surface area (Å²) in [6.45, 7) is 0.831. The van der Waals surface area contributed by atoms with Crippen molar-refractivity contribution in [3.8, 4) is 0 Å². The number of rotatable bonds is 4. The lowest BCUT2D eigenvalue weighted by molar-refractivity contribution is -0.116. The predicted octanol–water partition coefficient (Wildman–Crippen LogP) is 2.87. The Morgan fingerprint density at radius 1 is 1.35 bits per heavy atom. The van der Waals surface area contributed by atoms with Crippen molar-refractivity contribution in [2.75, 3.05) is 22.9 Å². The number of nitrogens with one attached hydrogen (secondary N) is 2. The smallest absolute Gasteiger partial charge is 0.224 e. The van der Waals surface area contributed by atoms with Crippen molar-refractivity contribution in [3.05, 3.63) is 40.1 Å². The van der Waals surface area contributed by atoms with Crippen LogP contribution in [-0.4, -0.2) is 12.5 Å². The summed E-state index contributed by atoms with van der Waals surface area (Å²) in [5, 5.41) is 8.33. The van der Waals surface area contributed by atoms with Crippen LogP contribution in [0.4, 0.5) is 17.1 Å². The van der Waals surface area contributed by atoms with Gasteiger partial charge in [0.1, 0.15) is 0 Å². The van der Waals surface area contributed by atoms with Crippen molar-refractivity contribution in [1.29, 1.82) is 0 Å². The minimum Gasteiger partial charge on any atom is -0.397 e. The molecule has 0 aliphatic carbocycles. The first-order valence-corrected chi connectivity index (χ1v) is 7.59. The maximum absolute atomic E-state index is 11.4. The molecule has 0 unspecified atom stereocenters. The van der Waals surface area contributed by atoms with Crippen LogP contribution in [0, 0.1) is 0 Å². The Bertz CT molecular complexity index is 622. The quantitative estimate of drug-likeness (QED) is 0.757. The Hall–Kier alpha value is -2.01. The van der Waals surface area contributed by atoms with E-state index in [1.165, 1.54) is 4.88 Å². The van der Waals surface area contributed by atoms with Gasteiger partial charge in [0.15, 0.2) is 0 Å². The van der Waals surface area contributed by atoms with Gasteiger partial charge in [-0.3, -0.25) is 4.79 Å². The summed E-state index contributed by atoms with van der Waals surface area (Å²) in [4.78, 5) is 12.8. The molecule has 1 aromatic carbocycles. The molecule has 4 nitrogen and oxygen atoms in total. The summed E-state index contributed by atoms with van der Waals surface area (Å²) < 4.78 is 0. The lowest BCUT2D eigenvalue weighted by atomic mass is 10.0. The van der Waals surface area contributed by atoms with Crippen LogP contribution in [0.15, 0.2) is 29.6 Å². The lowest BCUT2D eigenvalue weighted by Gasteiger charge is -2.19. The summed E-state index contributed by atoms with van der Waals surface area (Å²) in [5.74, 6) is 0.0757. The number of thiophene rings is 1. The van der Waals surface area contributed by atoms with Crippen molar-refractivity contribution in [2.24, 2.45) is 0 Å². The van der Waals surface area contributed by atoms with Crippen LogP contribution in [0.5, 0.6) is 0 Å². The van der Waals surface area contributed by atoms with Crippen LogP contribution in [0.1, 0.15) is 16.9 Å². The zero-order valence-electron chi connectivity index (χ0n) is 11.1. The number of aryl methyl sites for hydroxylation is 1. The summed E-state index contributed by atoms with van der Waals surface area (Å²) in [6, 6.07) is 8.09. The molecular weight excluding hydrogens is 270 g/mol. The fourth-order valence-electron chi connectivity index (χ4n) is 2.38. The third-order valence-corrected chi connectivity index (χ3v) is 4.37. The highest BCUT2D eigenvalue weighted by atomic mass is 32.1. The topological polar surface area (TPSA) is 67.2 Å². The van der Waals surface area contributed by atoms with Crippen LogP contribution in [0.3, 0.4) is 0 Å². The number of nitrogens with two attached hydrogens (primary N) is 1. The summed E-state index contributed by atoms with van der Waals surface area (Å²) >= 11 is 1.76. The van der Waals surface area contributed by atoms with Gasteiger partial charge in [0.25, 0.3) is 0 Å². The van der Waals surface area contributed by atoms with Crippen LogP contribution in [-0.2, 0) is 17.6 Å². The second-order valence-corrected chi connectivity index (χ2v) is 5.93. The molecule has 3 rings (SSSR count). The first-order valence-electron chi connectivity index (χ1n) is 6.71. The molecule has 0 radical (unpaired) electrons. The van der Waals surface area contributed by atoms with E-state index in [9.17, 15) is 4.79 Å².